The Labute approximate surface area is 144 Å². The second-order valence-corrected chi connectivity index (χ2v) is 7.45. The summed E-state index contributed by atoms with van der Waals surface area (Å²) < 4.78 is 5.67. The molecule has 0 amide bonds. The van der Waals surface area contributed by atoms with Crippen molar-refractivity contribution in [1.82, 2.24) is 34.1 Å². The smallest absolute Gasteiger partial charge is 0.264 e. The molecule has 5 rings (SSSR count). The van der Waals surface area contributed by atoms with Crippen molar-refractivity contribution in [3.63, 3.8) is 0 Å². The fourth-order valence-corrected chi connectivity index (χ4v) is 3.41. The van der Waals surface area contributed by atoms with Crippen LogP contribution < -0.4 is 5.56 Å². The van der Waals surface area contributed by atoms with Gasteiger partial charge in [0, 0.05) is 18.0 Å². The lowest BCUT2D eigenvalue weighted by Gasteiger charge is -2.10. The molecule has 8 heteroatoms. The highest BCUT2D eigenvalue weighted by Gasteiger charge is 2.36. The van der Waals surface area contributed by atoms with E-state index in [1.165, 1.54) is 25.7 Å². The summed E-state index contributed by atoms with van der Waals surface area (Å²) in [4.78, 5) is 17.3. The Kier molecular flexibility index (Phi) is 3.10. The van der Waals surface area contributed by atoms with Gasteiger partial charge in [-0.15, -0.1) is 10.2 Å². The highest BCUT2D eigenvalue weighted by atomic mass is 16.1. The first-order chi connectivity index (χ1) is 12.1. The molecule has 2 saturated carbocycles. The minimum atomic E-state index is -0.0739. The van der Waals surface area contributed by atoms with Crippen LogP contribution in [0, 0.1) is 0 Å². The maximum absolute atomic E-state index is 12.8. The number of hydrogen-bond acceptors (Lipinski definition) is 5. The van der Waals surface area contributed by atoms with Crippen LogP contribution in [-0.2, 0) is 6.54 Å². The number of rotatable bonds is 5. The predicted molar refractivity (Wildman–Crippen MR) is 91.5 cm³/mol. The molecule has 25 heavy (non-hydrogen) atoms. The lowest BCUT2D eigenvalue weighted by Crippen LogP contribution is -2.23. The van der Waals surface area contributed by atoms with E-state index in [4.69, 9.17) is 0 Å². The van der Waals surface area contributed by atoms with Gasteiger partial charge in [0.15, 0.2) is 11.5 Å². The largest absolute Gasteiger partial charge is 0.310 e. The summed E-state index contributed by atoms with van der Waals surface area (Å²) in [5.41, 5.74) is 0.564. The number of nitrogens with zero attached hydrogens (tertiary/aromatic N) is 7. The fourth-order valence-electron chi connectivity index (χ4n) is 3.41. The molecule has 0 radical (unpaired) electrons. The molecule has 2 fully saturated rings. The second kappa shape index (κ2) is 5.24. The Morgan fingerprint density at radius 2 is 2.00 bits per heavy atom. The number of fused-ring (bicyclic) bond motifs is 1. The summed E-state index contributed by atoms with van der Waals surface area (Å²) in [5, 5.41) is 13.7. The molecule has 2 aliphatic carbocycles. The molecule has 0 bridgehead atoms. The van der Waals surface area contributed by atoms with E-state index >= 15 is 0 Å². The van der Waals surface area contributed by atoms with Crippen molar-refractivity contribution in [2.75, 3.05) is 0 Å². The van der Waals surface area contributed by atoms with Crippen molar-refractivity contribution >= 4 is 11.0 Å². The minimum absolute atomic E-state index is 0.0739. The number of aromatic nitrogens is 7. The third-order valence-corrected chi connectivity index (χ3v) is 5.03. The van der Waals surface area contributed by atoms with Gasteiger partial charge >= 0.3 is 0 Å². The van der Waals surface area contributed by atoms with Crippen molar-refractivity contribution < 1.29 is 0 Å². The van der Waals surface area contributed by atoms with Crippen molar-refractivity contribution in [2.45, 2.75) is 64.1 Å². The highest BCUT2D eigenvalue weighted by Crippen LogP contribution is 2.44. The first kappa shape index (κ1) is 14.8. The Bertz CT molecular complexity index is 1000. The van der Waals surface area contributed by atoms with Crippen LogP contribution in [0.15, 0.2) is 17.3 Å². The molecule has 0 aromatic carbocycles. The fraction of sp³-hybridized carbons (Fsp3) is 0.588. The molecule has 8 nitrogen and oxygen atoms in total. The van der Waals surface area contributed by atoms with E-state index in [1.807, 2.05) is 13.8 Å². The van der Waals surface area contributed by atoms with Gasteiger partial charge < -0.3 is 4.57 Å². The molecule has 0 saturated heterocycles. The second-order valence-electron chi connectivity index (χ2n) is 7.45. The van der Waals surface area contributed by atoms with Gasteiger partial charge in [-0.2, -0.15) is 5.10 Å². The minimum Gasteiger partial charge on any atom is -0.310 e. The normalized spacial score (nSPS) is 17.7. The summed E-state index contributed by atoms with van der Waals surface area (Å²) in [5.74, 6) is 2.53. The van der Waals surface area contributed by atoms with Crippen LogP contribution in [-0.4, -0.2) is 34.1 Å². The van der Waals surface area contributed by atoms with Gasteiger partial charge in [-0.3, -0.25) is 9.36 Å². The zero-order chi connectivity index (χ0) is 17.1. The van der Waals surface area contributed by atoms with Crippen LogP contribution in [0.2, 0.25) is 0 Å². The van der Waals surface area contributed by atoms with E-state index in [9.17, 15) is 4.79 Å². The van der Waals surface area contributed by atoms with E-state index in [0.29, 0.717) is 29.5 Å². The van der Waals surface area contributed by atoms with Crippen LogP contribution in [0.3, 0.4) is 0 Å². The van der Waals surface area contributed by atoms with E-state index in [0.717, 1.165) is 11.6 Å². The topological polar surface area (TPSA) is 83.4 Å². The highest BCUT2D eigenvalue weighted by molar-refractivity contribution is 5.73. The van der Waals surface area contributed by atoms with E-state index in [-0.39, 0.29) is 11.6 Å². The molecule has 3 aromatic heterocycles. The third kappa shape index (κ3) is 2.39. The first-order valence-electron chi connectivity index (χ1n) is 9.00. The molecular formula is C17H21N7O. The van der Waals surface area contributed by atoms with Crippen LogP contribution in [0.4, 0.5) is 0 Å². The summed E-state index contributed by atoms with van der Waals surface area (Å²) in [6, 6.07) is 0.677. The van der Waals surface area contributed by atoms with Gasteiger partial charge in [0.05, 0.1) is 12.7 Å². The van der Waals surface area contributed by atoms with Gasteiger partial charge in [-0.1, -0.05) is 0 Å². The Balaban J connectivity index is 1.54. The molecule has 3 heterocycles. The van der Waals surface area contributed by atoms with Gasteiger partial charge in [-0.25, -0.2) is 9.67 Å². The molecular weight excluding hydrogens is 318 g/mol. The lowest BCUT2D eigenvalue weighted by atomic mass is 10.3. The van der Waals surface area contributed by atoms with E-state index in [2.05, 4.69) is 24.8 Å². The van der Waals surface area contributed by atoms with Crippen molar-refractivity contribution in [1.29, 1.82) is 0 Å². The van der Waals surface area contributed by atoms with Crippen LogP contribution in [0.5, 0.6) is 0 Å². The summed E-state index contributed by atoms with van der Waals surface area (Å²) in [6.07, 6.45) is 7.98. The monoisotopic (exact) mass is 339 g/mol. The van der Waals surface area contributed by atoms with Crippen LogP contribution in [0.25, 0.3) is 11.0 Å². The number of hydrogen-bond donors (Lipinski definition) is 0. The summed E-state index contributed by atoms with van der Waals surface area (Å²) in [6.45, 7) is 4.46. The Morgan fingerprint density at radius 3 is 2.68 bits per heavy atom. The maximum Gasteiger partial charge on any atom is 0.264 e. The molecule has 0 spiro atoms. The molecule has 0 atom stereocenters. The van der Waals surface area contributed by atoms with Crippen LogP contribution in [0.1, 0.15) is 69.2 Å². The first-order valence-corrected chi connectivity index (χ1v) is 9.00. The van der Waals surface area contributed by atoms with Gasteiger partial charge in [-0.05, 0) is 39.5 Å². The Morgan fingerprint density at radius 1 is 1.20 bits per heavy atom. The standard InChI is InChI=1S/C17H21N7O/c1-10(2)24-16-13(7-19-24)17(25)22(9-18-16)8-14-20-21-15(11-3-4-11)23(14)12-5-6-12/h7,9-12H,3-6,8H2,1-2H3. The van der Waals surface area contributed by atoms with Crippen molar-refractivity contribution in [3.8, 4) is 0 Å². The van der Waals surface area contributed by atoms with E-state index in [1.54, 1.807) is 21.8 Å². The summed E-state index contributed by atoms with van der Waals surface area (Å²) >= 11 is 0. The van der Waals surface area contributed by atoms with Crippen LogP contribution >= 0.6 is 0 Å². The average Bonchev–Trinajstić information content (AvgIpc) is 3.52. The van der Waals surface area contributed by atoms with Gasteiger partial charge in [0.2, 0.25) is 0 Å². The molecule has 0 unspecified atom stereocenters. The molecule has 3 aromatic rings. The SMILES string of the molecule is CC(C)n1ncc2c(=O)n(Cc3nnc(C4CC4)n3C3CC3)cnc21. The van der Waals surface area contributed by atoms with E-state index < -0.39 is 0 Å². The molecule has 130 valence electrons. The Hall–Kier alpha value is -2.51. The maximum atomic E-state index is 12.8. The zero-order valence-electron chi connectivity index (χ0n) is 14.5. The average molecular weight is 339 g/mol. The van der Waals surface area contributed by atoms with Gasteiger partial charge in [0.25, 0.3) is 5.56 Å². The molecule has 0 N–H and O–H groups in total. The predicted octanol–water partition coefficient (Wildman–Crippen LogP) is 2.03. The van der Waals surface area contributed by atoms with Crippen molar-refractivity contribution in [3.05, 3.63) is 34.5 Å². The third-order valence-electron chi connectivity index (χ3n) is 5.03. The lowest BCUT2D eigenvalue weighted by molar-refractivity contribution is 0.545. The molecule has 0 aliphatic heterocycles. The summed E-state index contributed by atoms with van der Waals surface area (Å²) in [7, 11) is 0. The van der Waals surface area contributed by atoms with Crippen molar-refractivity contribution in [2.24, 2.45) is 0 Å². The van der Waals surface area contributed by atoms with Gasteiger partial charge in [0.1, 0.15) is 17.5 Å². The quantitative estimate of drug-likeness (QED) is 0.710. The zero-order valence-corrected chi connectivity index (χ0v) is 14.5. The molecule has 2 aliphatic rings.